The van der Waals surface area contributed by atoms with Crippen molar-refractivity contribution in [2.75, 3.05) is 0 Å². The van der Waals surface area contributed by atoms with Gasteiger partial charge in [-0.1, -0.05) is 47.6 Å². The average Bonchev–Trinajstić information content (AvgIpc) is 3.05. The van der Waals surface area contributed by atoms with Crippen LogP contribution in [0.1, 0.15) is 35.5 Å². The van der Waals surface area contributed by atoms with Crippen LogP contribution in [0.5, 0.6) is 5.75 Å². The van der Waals surface area contributed by atoms with Crippen LogP contribution in [0, 0.1) is 6.92 Å². The zero-order valence-corrected chi connectivity index (χ0v) is 15.5. The second-order valence-electron chi connectivity index (χ2n) is 6.23. The molecule has 0 fully saturated rings. The quantitative estimate of drug-likeness (QED) is 0.526. The lowest BCUT2D eigenvalue weighted by Gasteiger charge is -2.11. The van der Waals surface area contributed by atoms with Gasteiger partial charge in [0.15, 0.2) is 0 Å². The van der Waals surface area contributed by atoms with Gasteiger partial charge in [-0.05, 0) is 32.9 Å². The summed E-state index contributed by atoms with van der Waals surface area (Å²) < 4.78 is 11.0. The number of hydrogen-bond acceptors (Lipinski definition) is 5. The van der Waals surface area contributed by atoms with Crippen LogP contribution in [0.25, 0.3) is 11.3 Å². The molecule has 138 valence electrons. The van der Waals surface area contributed by atoms with Gasteiger partial charge in [0.1, 0.15) is 22.8 Å². The van der Waals surface area contributed by atoms with Gasteiger partial charge in [-0.15, -0.1) is 0 Å². The second kappa shape index (κ2) is 8.31. The molecule has 2 aromatic carbocycles. The van der Waals surface area contributed by atoms with E-state index in [-0.39, 0.29) is 12.0 Å². The van der Waals surface area contributed by atoms with Gasteiger partial charge in [0, 0.05) is 11.1 Å². The standard InChI is InChI=1S/C21H21N3O3/c1-14(2)26-18-12-8-7-11-17(18)13-22-23-21(25)19-15(3)27-24-20(19)16-9-5-4-6-10-16/h4-14H,1-3H3,(H,23,25)/b22-13+. The monoisotopic (exact) mass is 363 g/mol. The normalized spacial score (nSPS) is 11.1. The summed E-state index contributed by atoms with van der Waals surface area (Å²) in [6.07, 6.45) is 1.60. The molecule has 3 rings (SSSR count). The number of hydrazone groups is 1. The summed E-state index contributed by atoms with van der Waals surface area (Å²) in [4.78, 5) is 12.6. The summed E-state index contributed by atoms with van der Waals surface area (Å²) in [6, 6.07) is 16.9. The molecule has 3 aromatic rings. The van der Waals surface area contributed by atoms with Crippen molar-refractivity contribution < 1.29 is 14.1 Å². The second-order valence-corrected chi connectivity index (χ2v) is 6.23. The fraction of sp³-hybridized carbons (Fsp3) is 0.190. The van der Waals surface area contributed by atoms with Gasteiger partial charge in [-0.3, -0.25) is 4.79 Å². The molecule has 1 aromatic heterocycles. The smallest absolute Gasteiger partial charge is 0.277 e. The lowest BCUT2D eigenvalue weighted by molar-refractivity contribution is 0.0954. The third-order valence-electron chi connectivity index (χ3n) is 3.79. The fourth-order valence-corrected chi connectivity index (χ4v) is 2.60. The molecule has 0 unspecified atom stereocenters. The molecule has 1 heterocycles. The van der Waals surface area contributed by atoms with Crippen molar-refractivity contribution in [1.29, 1.82) is 0 Å². The molecule has 0 aliphatic heterocycles. The first-order valence-electron chi connectivity index (χ1n) is 8.67. The summed E-state index contributed by atoms with van der Waals surface area (Å²) in [5.41, 5.74) is 4.98. The largest absolute Gasteiger partial charge is 0.490 e. The van der Waals surface area contributed by atoms with Gasteiger partial charge in [0.2, 0.25) is 0 Å². The Morgan fingerprint density at radius 1 is 1.15 bits per heavy atom. The molecule has 0 aliphatic rings. The lowest BCUT2D eigenvalue weighted by Crippen LogP contribution is -2.19. The van der Waals surface area contributed by atoms with Crippen LogP contribution in [0.3, 0.4) is 0 Å². The number of carbonyl (C=O) groups excluding carboxylic acids is 1. The van der Waals surface area contributed by atoms with Crippen molar-refractivity contribution in [2.45, 2.75) is 26.9 Å². The number of ether oxygens (including phenoxy) is 1. The highest BCUT2D eigenvalue weighted by molar-refractivity contribution is 6.01. The third kappa shape index (κ3) is 4.41. The first-order valence-corrected chi connectivity index (χ1v) is 8.67. The summed E-state index contributed by atoms with van der Waals surface area (Å²) in [6.45, 7) is 5.61. The molecule has 27 heavy (non-hydrogen) atoms. The Morgan fingerprint density at radius 2 is 1.85 bits per heavy atom. The molecule has 0 saturated carbocycles. The number of para-hydroxylation sites is 1. The maximum atomic E-state index is 12.6. The van der Waals surface area contributed by atoms with Crippen molar-refractivity contribution in [2.24, 2.45) is 5.10 Å². The minimum absolute atomic E-state index is 0.0437. The van der Waals surface area contributed by atoms with E-state index in [2.05, 4.69) is 15.7 Å². The fourth-order valence-electron chi connectivity index (χ4n) is 2.60. The van der Waals surface area contributed by atoms with Crippen LogP contribution in [0.15, 0.2) is 64.2 Å². The highest BCUT2D eigenvalue weighted by atomic mass is 16.5. The minimum Gasteiger partial charge on any atom is -0.490 e. The van der Waals surface area contributed by atoms with E-state index in [0.29, 0.717) is 22.8 Å². The van der Waals surface area contributed by atoms with Gasteiger partial charge < -0.3 is 9.26 Å². The van der Waals surface area contributed by atoms with E-state index in [1.807, 2.05) is 68.4 Å². The van der Waals surface area contributed by atoms with Crippen molar-refractivity contribution in [3.63, 3.8) is 0 Å². The van der Waals surface area contributed by atoms with Gasteiger partial charge in [0.05, 0.1) is 12.3 Å². The predicted molar refractivity (Wildman–Crippen MR) is 104 cm³/mol. The first-order chi connectivity index (χ1) is 13.1. The Morgan fingerprint density at radius 3 is 2.59 bits per heavy atom. The molecule has 0 saturated heterocycles. The molecule has 6 heteroatoms. The maximum absolute atomic E-state index is 12.6. The molecule has 0 radical (unpaired) electrons. The van der Waals surface area contributed by atoms with E-state index in [9.17, 15) is 4.79 Å². The maximum Gasteiger partial charge on any atom is 0.277 e. The molecule has 0 aliphatic carbocycles. The van der Waals surface area contributed by atoms with Crippen LogP contribution in [-0.2, 0) is 0 Å². The van der Waals surface area contributed by atoms with Gasteiger partial charge in [-0.25, -0.2) is 5.43 Å². The molecule has 1 amide bonds. The molecule has 1 N–H and O–H groups in total. The Bertz CT molecular complexity index is 946. The number of amides is 1. The third-order valence-corrected chi connectivity index (χ3v) is 3.79. The van der Waals surface area contributed by atoms with Crippen LogP contribution in [0.2, 0.25) is 0 Å². The molecule has 0 atom stereocenters. The van der Waals surface area contributed by atoms with Crippen LogP contribution < -0.4 is 10.2 Å². The van der Waals surface area contributed by atoms with Gasteiger partial charge in [-0.2, -0.15) is 5.10 Å². The number of aryl methyl sites for hydroxylation is 1. The number of benzene rings is 2. The number of hydrogen-bond donors (Lipinski definition) is 1. The number of aromatic nitrogens is 1. The van der Waals surface area contributed by atoms with E-state index < -0.39 is 0 Å². The molecule has 0 spiro atoms. The summed E-state index contributed by atoms with van der Waals surface area (Å²) >= 11 is 0. The van der Waals surface area contributed by atoms with Crippen molar-refractivity contribution in [3.8, 4) is 17.0 Å². The molecule has 6 nitrogen and oxygen atoms in total. The molecular formula is C21H21N3O3. The molecular weight excluding hydrogens is 342 g/mol. The highest BCUT2D eigenvalue weighted by Crippen LogP contribution is 2.25. The van der Waals surface area contributed by atoms with Gasteiger partial charge >= 0.3 is 0 Å². The number of nitrogens with zero attached hydrogens (tertiary/aromatic N) is 2. The Balaban J connectivity index is 1.78. The van der Waals surface area contributed by atoms with E-state index in [1.165, 1.54) is 0 Å². The van der Waals surface area contributed by atoms with Crippen molar-refractivity contribution >= 4 is 12.1 Å². The van der Waals surface area contributed by atoms with Crippen molar-refractivity contribution in [1.82, 2.24) is 10.6 Å². The lowest BCUT2D eigenvalue weighted by atomic mass is 10.1. The Kier molecular flexibility index (Phi) is 5.66. The van der Waals surface area contributed by atoms with E-state index in [1.54, 1.807) is 13.1 Å². The topological polar surface area (TPSA) is 76.7 Å². The summed E-state index contributed by atoms with van der Waals surface area (Å²) in [7, 11) is 0. The highest BCUT2D eigenvalue weighted by Gasteiger charge is 2.21. The van der Waals surface area contributed by atoms with Crippen LogP contribution in [-0.4, -0.2) is 23.4 Å². The first kappa shape index (κ1) is 18.4. The zero-order valence-electron chi connectivity index (χ0n) is 15.5. The van der Waals surface area contributed by atoms with Gasteiger partial charge in [0.25, 0.3) is 5.91 Å². The van der Waals surface area contributed by atoms with E-state index in [4.69, 9.17) is 9.26 Å². The number of nitrogens with one attached hydrogen (secondary N) is 1. The SMILES string of the molecule is Cc1onc(-c2ccccc2)c1C(=O)N/N=C/c1ccccc1OC(C)C. The Labute approximate surface area is 157 Å². The zero-order chi connectivity index (χ0) is 19.2. The minimum atomic E-state index is -0.383. The van der Waals surface area contributed by atoms with E-state index in [0.717, 1.165) is 11.1 Å². The Hall–Kier alpha value is -3.41. The summed E-state index contributed by atoms with van der Waals surface area (Å²) in [5, 5.41) is 8.08. The van der Waals surface area contributed by atoms with Crippen LogP contribution in [0.4, 0.5) is 0 Å². The predicted octanol–water partition coefficient (Wildman–Crippen LogP) is 4.20. The van der Waals surface area contributed by atoms with E-state index >= 15 is 0 Å². The average molecular weight is 363 g/mol. The van der Waals surface area contributed by atoms with Crippen molar-refractivity contribution in [3.05, 3.63) is 71.5 Å². The number of carbonyl (C=O) groups is 1. The van der Waals surface area contributed by atoms with Crippen LogP contribution >= 0.6 is 0 Å². The molecule has 0 bridgehead atoms. The summed E-state index contributed by atoms with van der Waals surface area (Å²) in [5.74, 6) is 0.757. The number of rotatable bonds is 6.